The van der Waals surface area contributed by atoms with Crippen molar-refractivity contribution in [2.45, 2.75) is 18.5 Å². The summed E-state index contributed by atoms with van der Waals surface area (Å²) < 4.78 is 0. The van der Waals surface area contributed by atoms with Gasteiger partial charge in [0.15, 0.2) is 0 Å². The summed E-state index contributed by atoms with van der Waals surface area (Å²) in [6, 6.07) is 12.2. The molecule has 0 aromatic heterocycles. The number of nitrogens with one attached hydrogen (secondary N) is 1. The maximum Gasteiger partial charge on any atom is 0.291 e. The molecule has 3 N–H and O–H groups in total. The smallest absolute Gasteiger partial charge is 0.291 e. The van der Waals surface area contributed by atoms with Crippen molar-refractivity contribution < 1.29 is 24.6 Å². The van der Waals surface area contributed by atoms with E-state index in [1.807, 2.05) is 24.4 Å². The number of carbonyl (C=O) groups is 3. The van der Waals surface area contributed by atoms with Crippen LogP contribution in [0.1, 0.15) is 12.5 Å². The first-order chi connectivity index (χ1) is 13.9. The summed E-state index contributed by atoms with van der Waals surface area (Å²) in [4.78, 5) is 51.1. The van der Waals surface area contributed by atoms with Gasteiger partial charge in [0, 0.05) is 17.7 Å². The average Bonchev–Trinajstić information content (AvgIpc) is 3.26. The number of para-hydroxylation sites is 1. The summed E-state index contributed by atoms with van der Waals surface area (Å²) in [6.45, 7) is 1.84. The van der Waals surface area contributed by atoms with Gasteiger partial charge in [0.25, 0.3) is 11.6 Å². The van der Waals surface area contributed by atoms with Crippen LogP contribution >= 0.6 is 0 Å². The van der Waals surface area contributed by atoms with Gasteiger partial charge in [-0.1, -0.05) is 18.2 Å². The van der Waals surface area contributed by atoms with Gasteiger partial charge in [-0.05, 0) is 25.1 Å². The Bertz CT molecular complexity index is 1100. The molecule has 4 atom stereocenters. The lowest BCUT2D eigenvalue weighted by Gasteiger charge is -2.25. The number of rotatable bonds is 2. The van der Waals surface area contributed by atoms with Crippen molar-refractivity contribution in [2.75, 3.05) is 10.2 Å². The van der Waals surface area contributed by atoms with Gasteiger partial charge in [0.1, 0.15) is 11.8 Å². The molecule has 9 heteroatoms. The van der Waals surface area contributed by atoms with Crippen molar-refractivity contribution in [2.24, 2.45) is 11.8 Å². The molecule has 2 fully saturated rings. The molecule has 146 valence electrons. The van der Waals surface area contributed by atoms with E-state index in [2.05, 4.69) is 5.32 Å². The van der Waals surface area contributed by atoms with Crippen molar-refractivity contribution in [1.82, 2.24) is 0 Å². The lowest BCUT2D eigenvalue weighted by molar-refractivity contribution is -0.730. The number of fused-ring (bicyclic) bond motifs is 4. The summed E-state index contributed by atoms with van der Waals surface area (Å²) in [5.41, 5.74) is 0.305. The lowest BCUT2D eigenvalue weighted by Crippen LogP contribution is -2.98. The number of hydrogen-bond acceptors (Lipinski definition) is 5. The molecule has 0 bridgehead atoms. The van der Waals surface area contributed by atoms with E-state index in [0.717, 1.165) is 4.90 Å². The summed E-state index contributed by atoms with van der Waals surface area (Å²) >= 11 is 0. The van der Waals surface area contributed by atoms with Gasteiger partial charge in [0.2, 0.25) is 17.4 Å². The van der Waals surface area contributed by atoms with E-state index in [-0.39, 0.29) is 29.2 Å². The summed E-state index contributed by atoms with van der Waals surface area (Å²) in [5.74, 6) is -2.64. The molecule has 3 amide bonds. The molecule has 3 aliphatic rings. The minimum absolute atomic E-state index is 0.129. The van der Waals surface area contributed by atoms with Crippen LogP contribution in [0.15, 0.2) is 48.5 Å². The number of nitro benzene ring substituents is 1. The number of nitrogens with two attached hydrogens (primary N) is 1. The minimum Gasteiger partial charge on any atom is -0.326 e. The molecule has 2 aromatic carbocycles. The Balaban J connectivity index is 1.61. The number of anilines is 2. The SMILES string of the molecule is C[C@@H]1[NH2+][C@@]2(C(=O)Nc3ccccc32)[C@@H]2C(=O)N(c3ccc([N+](=O)[O-])cc3)C(=O)[C@H]12. The van der Waals surface area contributed by atoms with Crippen molar-refractivity contribution in [3.05, 3.63) is 64.2 Å². The van der Waals surface area contributed by atoms with Crippen LogP contribution in [-0.4, -0.2) is 28.7 Å². The first kappa shape index (κ1) is 17.5. The largest absolute Gasteiger partial charge is 0.326 e. The number of imide groups is 1. The second-order valence-corrected chi connectivity index (χ2v) is 7.68. The lowest BCUT2D eigenvalue weighted by atomic mass is 9.76. The van der Waals surface area contributed by atoms with Crippen LogP contribution in [0.25, 0.3) is 0 Å². The van der Waals surface area contributed by atoms with E-state index in [9.17, 15) is 24.5 Å². The van der Waals surface area contributed by atoms with Crippen molar-refractivity contribution in [1.29, 1.82) is 0 Å². The van der Waals surface area contributed by atoms with E-state index in [0.29, 0.717) is 11.3 Å². The molecular weight excluding hydrogens is 376 g/mol. The van der Waals surface area contributed by atoms with E-state index in [4.69, 9.17) is 0 Å². The molecule has 5 rings (SSSR count). The molecule has 0 aliphatic carbocycles. The van der Waals surface area contributed by atoms with Gasteiger partial charge < -0.3 is 10.6 Å². The normalized spacial score (nSPS) is 29.9. The Morgan fingerprint density at radius 3 is 2.45 bits per heavy atom. The Hall–Kier alpha value is -3.59. The highest BCUT2D eigenvalue weighted by Crippen LogP contribution is 2.49. The molecule has 0 radical (unpaired) electrons. The highest BCUT2D eigenvalue weighted by Gasteiger charge is 2.73. The number of nitro groups is 1. The first-order valence-corrected chi connectivity index (χ1v) is 9.25. The fraction of sp³-hybridized carbons (Fsp3) is 0.250. The first-order valence-electron chi connectivity index (χ1n) is 9.25. The van der Waals surface area contributed by atoms with Crippen LogP contribution in [0, 0.1) is 22.0 Å². The second-order valence-electron chi connectivity index (χ2n) is 7.68. The third-order valence-corrected chi connectivity index (χ3v) is 6.25. The van der Waals surface area contributed by atoms with Crippen molar-refractivity contribution in [3.8, 4) is 0 Å². The van der Waals surface area contributed by atoms with Crippen LogP contribution in [0.2, 0.25) is 0 Å². The third kappa shape index (κ3) is 2.10. The summed E-state index contributed by atoms with van der Waals surface area (Å²) in [7, 11) is 0. The van der Waals surface area contributed by atoms with Gasteiger partial charge in [-0.3, -0.25) is 24.5 Å². The molecule has 3 aliphatic heterocycles. The minimum atomic E-state index is -1.19. The molecule has 3 heterocycles. The number of carbonyl (C=O) groups excluding carboxylic acids is 3. The number of nitrogens with zero attached hydrogens (tertiary/aromatic N) is 2. The number of non-ortho nitro benzene ring substituents is 1. The topological polar surface area (TPSA) is 126 Å². The van der Waals surface area contributed by atoms with E-state index in [1.165, 1.54) is 24.3 Å². The van der Waals surface area contributed by atoms with E-state index < -0.39 is 28.2 Å². The number of hydrogen-bond donors (Lipinski definition) is 2. The predicted molar refractivity (Wildman–Crippen MR) is 101 cm³/mol. The number of quaternary nitrogens is 1. The predicted octanol–water partition coefficient (Wildman–Crippen LogP) is 0.513. The third-order valence-electron chi connectivity index (χ3n) is 6.25. The molecule has 2 aromatic rings. The van der Waals surface area contributed by atoms with E-state index in [1.54, 1.807) is 12.1 Å². The van der Waals surface area contributed by atoms with Gasteiger partial charge in [0.05, 0.1) is 22.3 Å². The van der Waals surface area contributed by atoms with Gasteiger partial charge in [-0.15, -0.1) is 0 Å². The fourth-order valence-corrected chi connectivity index (χ4v) is 5.07. The van der Waals surface area contributed by atoms with Crippen LogP contribution in [-0.2, 0) is 19.9 Å². The van der Waals surface area contributed by atoms with E-state index >= 15 is 0 Å². The highest BCUT2D eigenvalue weighted by atomic mass is 16.6. The Labute approximate surface area is 164 Å². The highest BCUT2D eigenvalue weighted by molar-refractivity contribution is 6.25. The van der Waals surface area contributed by atoms with Gasteiger partial charge in [-0.2, -0.15) is 0 Å². The number of amides is 3. The van der Waals surface area contributed by atoms with Crippen LogP contribution in [0.4, 0.5) is 17.1 Å². The van der Waals surface area contributed by atoms with Gasteiger partial charge >= 0.3 is 0 Å². The molecule has 9 nitrogen and oxygen atoms in total. The molecule has 2 saturated heterocycles. The maximum atomic E-state index is 13.4. The molecule has 0 unspecified atom stereocenters. The molecule has 0 saturated carbocycles. The number of benzene rings is 2. The van der Waals surface area contributed by atoms with Crippen LogP contribution < -0.4 is 15.5 Å². The molecule has 1 spiro atoms. The maximum absolute atomic E-state index is 13.4. The monoisotopic (exact) mass is 393 g/mol. The second kappa shape index (κ2) is 5.71. The Morgan fingerprint density at radius 1 is 1.07 bits per heavy atom. The quantitative estimate of drug-likeness (QED) is 0.437. The standard InChI is InChI=1S/C20H16N4O5/c1-10-15-16(20(22-10)13-4-2-3-5-14(13)21-19(20)27)18(26)23(17(15)25)11-6-8-12(9-7-11)24(28)29/h2-10,15-16,22H,1H3,(H,21,27)/p+1/t10-,15+,16-,20+/m0/s1. The van der Waals surface area contributed by atoms with Crippen LogP contribution in [0.3, 0.4) is 0 Å². The van der Waals surface area contributed by atoms with Gasteiger partial charge in [-0.25, -0.2) is 4.90 Å². The fourth-order valence-electron chi connectivity index (χ4n) is 5.07. The zero-order valence-corrected chi connectivity index (χ0v) is 15.4. The molecule has 29 heavy (non-hydrogen) atoms. The Kier molecular flexibility index (Phi) is 3.45. The summed E-state index contributed by atoms with van der Waals surface area (Å²) in [5, 5.41) is 15.6. The van der Waals surface area contributed by atoms with Crippen molar-refractivity contribution >= 4 is 34.8 Å². The van der Waals surface area contributed by atoms with Crippen molar-refractivity contribution in [3.63, 3.8) is 0 Å². The zero-order chi connectivity index (χ0) is 20.5. The molecular formula is C20H17N4O5+. The van der Waals surface area contributed by atoms with Crippen LogP contribution in [0.5, 0.6) is 0 Å². The average molecular weight is 393 g/mol. The summed E-state index contributed by atoms with van der Waals surface area (Å²) in [6.07, 6.45) is 0. The zero-order valence-electron chi connectivity index (χ0n) is 15.4. The Morgan fingerprint density at radius 2 is 1.76 bits per heavy atom.